The van der Waals surface area contributed by atoms with E-state index in [1.807, 2.05) is 12.1 Å². The Morgan fingerprint density at radius 1 is 1.20 bits per heavy atom. The lowest BCUT2D eigenvalue weighted by molar-refractivity contribution is -0.137. The predicted octanol–water partition coefficient (Wildman–Crippen LogP) is 3.78. The second kappa shape index (κ2) is 9.56. The summed E-state index contributed by atoms with van der Waals surface area (Å²) < 4.78 is 11.1. The van der Waals surface area contributed by atoms with E-state index >= 15 is 0 Å². The number of hydrogen-bond acceptors (Lipinski definition) is 5. The summed E-state index contributed by atoms with van der Waals surface area (Å²) in [6.07, 6.45) is 9.41. The van der Waals surface area contributed by atoms with Gasteiger partial charge in [-0.2, -0.15) is 0 Å². The first-order valence-corrected chi connectivity index (χ1v) is 11.7. The predicted molar refractivity (Wildman–Crippen MR) is 116 cm³/mol. The van der Waals surface area contributed by atoms with E-state index in [-0.39, 0.29) is 24.7 Å². The molecule has 1 aromatic carbocycles. The lowest BCUT2D eigenvalue weighted by atomic mass is 9.66. The molecule has 0 radical (unpaired) electrons. The fraction of sp³-hybridized carbons (Fsp3) is 0.708. The van der Waals surface area contributed by atoms with Gasteiger partial charge in [0.25, 0.3) is 0 Å². The third-order valence-corrected chi connectivity index (χ3v) is 7.11. The summed E-state index contributed by atoms with van der Waals surface area (Å²) in [6.45, 7) is 4.29. The monoisotopic (exact) mass is 416 g/mol. The van der Waals surface area contributed by atoms with Crippen molar-refractivity contribution in [3.05, 3.63) is 23.8 Å². The lowest BCUT2D eigenvalue weighted by Gasteiger charge is -2.52. The van der Waals surface area contributed by atoms with Crippen molar-refractivity contribution in [2.24, 2.45) is 5.92 Å². The molecule has 6 heteroatoms. The summed E-state index contributed by atoms with van der Waals surface area (Å²) in [5, 5.41) is 14.5. The molecule has 2 N–H and O–H groups in total. The molecule has 3 aliphatic rings. The molecule has 1 aliphatic carbocycles. The third kappa shape index (κ3) is 4.59. The van der Waals surface area contributed by atoms with Crippen LogP contribution in [0, 0.1) is 5.92 Å². The van der Waals surface area contributed by atoms with Crippen molar-refractivity contribution in [1.82, 2.24) is 10.2 Å². The number of nitrogens with one attached hydrogen (secondary N) is 1. The number of hydrogen-bond donors (Lipinski definition) is 2. The maximum Gasteiger partial charge on any atom is 0.234 e. The summed E-state index contributed by atoms with van der Waals surface area (Å²) in [7, 11) is 0. The van der Waals surface area contributed by atoms with Gasteiger partial charge < -0.3 is 19.9 Å². The van der Waals surface area contributed by atoms with Crippen LogP contribution in [0.4, 0.5) is 0 Å². The van der Waals surface area contributed by atoms with E-state index in [2.05, 4.69) is 23.2 Å². The molecule has 1 saturated carbocycles. The van der Waals surface area contributed by atoms with Crippen LogP contribution in [0.2, 0.25) is 0 Å². The Kier molecular flexibility index (Phi) is 6.84. The average Bonchev–Trinajstić information content (AvgIpc) is 3.21. The smallest absolute Gasteiger partial charge is 0.234 e. The molecule has 0 spiro atoms. The molecule has 1 amide bonds. The van der Waals surface area contributed by atoms with Crippen molar-refractivity contribution < 1.29 is 19.4 Å². The third-order valence-electron chi connectivity index (χ3n) is 7.11. The first-order valence-electron chi connectivity index (χ1n) is 11.7. The maximum absolute atomic E-state index is 12.7. The van der Waals surface area contributed by atoms with Gasteiger partial charge in [0.15, 0.2) is 11.5 Å². The van der Waals surface area contributed by atoms with Crippen molar-refractivity contribution in [1.29, 1.82) is 0 Å². The minimum Gasteiger partial charge on any atom is -0.454 e. The largest absolute Gasteiger partial charge is 0.454 e. The molecule has 1 aromatic rings. The number of likely N-dealkylation sites (tertiary alicyclic amines) is 1. The molecule has 30 heavy (non-hydrogen) atoms. The zero-order chi connectivity index (χ0) is 21.0. The molecule has 4 rings (SSSR count). The van der Waals surface area contributed by atoms with Crippen molar-refractivity contribution >= 4 is 5.91 Å². The number of piperidine rings is 1. The fourth-order valence-corrected chi connectivity index (χ4v) is 5.48. The molecular formula is C24H36N2O4. The van der Waals surface area contributed by atoms with Crippen molar-refractivity contribution in [3.63, 3.8) is 0 Å². The summed E-state index contributed by atoms with van der Waals surface area (Å²) in [6, 6.07) is 6.10. The summed E-state index contributed by atoms with van der Waals surface area (Å²) in [5.41, 5.74) is 0.479. The minimum atomic E-state index is -0.633. The number of fused-ring (bicyclic) bond motifs is 2. The quantitative estimate of drug-likeness (QED) is 0.631. The molecule has 1 saturated heterocycles. The van der Waals surface area contributed by atoms with Crippen LogP contribution < -0.4 is 14.8 Å². The van der Waals surface area contributed by atoms with Gasteiger partial charge in [0, 0.05) is 25.0 Å². The minimum absolute atomic E-state index is 0.0180. The van der Waals surface area contributed by atoms with Crippen molar-refractivity contribution in [2.75, 3.05) is 26.4 Å². The first-order chi connectivity index (χ1) is 14.6. The molecule has 166 valence electrons. The Hall–Kier alpha value is -1.79. The zero-order valence-corrected chi connectivity index (χ0v) is 18.2. The Bertz CT molecular complexity index is 740. The van der Waals surface area contributed by atoms with Gasteiger partial charge in [-0.3, -0.25) is 9.69 Å². The Balaban J connectivity index is 1.49. The lowest BCUT2D eigenvalue weighted by Crippen LogP contribution is -2.56. The van der Waals surface area contributed by atoms with Gasteiger partial charge in [0.05, 0.1) is 12.1 Å². The highest BCUT2D eigenvalue weighted by Crippen LogP contribution is 2.50. The van der Waals surface area contributed by atoms with Crippen LogP contribution >= 0.6 is 0 Å². The number of amides is 1. The van der Waals surface area contributed by atoms with E-state index in [0.29, 0.717) is 6.54 Å². The number of carbonyl (C=O) groups excluding carboxylic acids is 1. The molecule has 0 unspecified atom stereocenters. The molecule has 2 aliphatic heterocycles. The molecule has 2 heterocycles. The Morgan fingerprint density at radius 2 is 2.07 bits per heavy atom. The summed E-state index contributed by atoms with van der Waals surface area (Å²) >= 11 is 0. The SMILES string of the molecule is CCCCCCNC(=O)CN1CC[C@]2(O)CCCC[C@H]2[C@@H]1c1ccc2c(c1)OCO2. The van der Waals surface area contributed by atoms with Gasteiger partial charge >= 0.3 is 0 Å². The summed E-state index contributed by atoms with van der Waals surface area (Å²) in [5.74, 6) is 1.75. The number of rotatable bonds is 8. The standard InChI is InChI=1S/C24H36N2O4/c1-2-3-4-7-13-25-22(27)16-26-14-12-24(28)11-6-5-8-19(24)23(26)18-9-10-20-21(15-18)30-17-29-20/h9-10,15,19,23,28H,2-8,11-14,16-17H2,1H3,(H,25,27)/t19-,23-,24+/m0/s1. The van der Waals surface area contributed by atoms with Crippen LogP contribution in [0.25, 0.3) is 0 Å². The normalized spacial score (nSPS) is 28.2. The molecule has 6 nitrogen and oxygen atoms in total. The number of benzene rings is 1. The van der Waals surface area contributed by atoms with E-state index in [1.165, 1.54) is 12.8 Å². The Labute approximate surface area is 179 Å². The van der Waals surface area contributed by atoms with Gasteiger partial charge in [0.2, 0.25) is 12.7 Å². The molecule has 0 aromatic heterocycles. The average molecular weight is 417 g/mol. The van der Waals surface area contributed by atoms with Crippen LogP contribution in [-0.2, 0) is 4.79 Å². The number of carbonyl (C=O) groups is 1. The maximum atomic E-state index is 12.7. The first kappa shape index (κ1) is 21.4. The van der Waals surface area contributed by atoms with Gasteiger partial charge in [0.1, 0.15) is 0 Å². The zero-order valence-electron chi connectivity index (χ0n) is 18.2. The number of nitrogens with zero attached hydrogens (tertiary/aromatic N) is 1. The Morgan fingerprint density at radius 3 is 2.93 bits per heavy atom. The van der Waals surface area contributed by atoms with Gasteiger partial charge in [-0.15, -0.1) is 0 Å². The van der Waals surface area contributed by atoms with Crippen molar-refractivity contribution in [2.45, 2.75) is 76.4 Å². The number of ether oxygens (including phenoxy) is 2. The van der Waals surface area contributed by atoms with E-state index < -0.39 is 5.60 Å². The number of aliphatic hydroxyl groups is 1. The molecule has 2 fully saturated rings. The highest BCUT2D eigenvalue weighted by Gasteiger charge is 2.49. The van der Waals surface area contributed by atoms with Gasteiger partial charge in [-0.1, -0.05) is 45.1 Å². The second-order valence-electron chi connectivity index (χ2n) is 9.14. The highest BCUT2D eigenvalue weighted by atomic mass is 16.7. The van der Waals surface area contributed by atoms with Crippen LogP contribution in [0.1, 0.15) is 76.3 Å². The van der Waals surface area contributed by atoms with Gasteiger partial charge in [-0.05, 0) is 43.4 Å². The van der Waals surface area contributed by atoms with Crippen LogP contribution in [0.3, 0.4) is 0 Å². The van der Waals surface area contributed by atoms with Crippen LogP contribution in [-0.4, -0.2) is 47.9 Å². The van der Waals surface area contributed by atoms with Crippen LogP contribution in [0.15, 0.2) is 18.2 Å². The topological polar surface area (TPSA) is 71.0 Å². The molecule has 3 atom stereocenters. The number of unbranched alkanes of at least 4 members (excludes halogenated alkanes) is 3. The van der Waals surface area contributed by atoms with E-state index in [4.69, 9.17) is 9.47 Å². The van der Waals surface area contributed by atoms with Crippen molar-refractivity contribution in [3.8, 4) is 11.5 Å². The second-order valence-corrected chi connectivity index (χ2v) is 9.14. The fourth-order valence-electron chi connectivity index (χ4n) is 5.48. The molecule has 0 bridgehead atoms. The van der Waals surface area contributed by atoms with E-state index in [0.717, 1.165) is 75.1 Å². The molecular weight excluding hydrogens is 380 g/mol. The highest BCUT2D eigenvalue weighted by molar-refractivity contribution is 5.78. The van der Waals surface area contributed by atoms with Gasteiger partial charge in [-0.25, -0.2) is 0 Å². The van der Waals surface area contributed by atoms with E-state index in [9.17, 15) is 9.90 Å². The summed E-state index contributed by atoms with van der Waals surface area (Å²) in [4.78, 5) is 15.0. The van der Waals surface area contributed by atoms with Crippen LogP contribution in [0.5, 0.6) is 11.5 Å². The van der Waals surface area contributed by atoms with E-state index in [1.54, 1.807) is 0 Å².